The highest BCUT2D eigenvalue weighted by Gasteiger charge is 2.17. The third kappa shape index (κ3) is 4.40. The average Bonchev–Trinajstić information content (AvgIpc) is 2.34. The van der Waals surface area contributed by atoms with Crippen LogP contribution >= 0.6 is 15.9 Å². The van der Waals surface area contributed by atoms with Crippen LogP contribution in [0.25, 0.3) is 0 Å². The first-order valence-electron chi connectivity index (χ1n) is 6.10. The van der Waals surface area contributed by atoms with Crippen molar-refractivity contribution in [2.24, 2.45) is 11.5 Å². The van der Waals surface area contributed by atoms with Gasteiger partial charge in [-0.05, 0) is 60.4 Å². The van der Waals surface area contributed by atoms with Crippen molar-refractivity contribution in [1.82, 2.24) is 0 Å². The molecule has 6 heteroatoms. The summed E-state index contributed by atoms with van der Waals surface area (Å²) in [4.78, 5) is 11.1. The average molecular weight is 331 g/mol. The van der Waals surface area contributed by atoms with E-state index >= 15 is 0 Å². The Morgan fingerprint density at radius 1 is 1.47 bits per heavy atom. The highest BCUT2D eigenvalue weighted by atomic mass is 79.9. The van der Waals surface area contributed by atoms with Gasteiger partial charge >= 0.3 is 0 Å². The number of halogens is 1. The van der Waals surface area contributed by atoms with Crippen LogP contribution in [0.15, 0.2) is 16.6 Å². The molecular formula is C13H19BrN2O3. The lowest BCUT2D eigenvalue weighted by Gasteiger charge is -2.17. The van der Waals surface area contributed by atoms with Crippen LogP contribution in [0.4, 0.5) is 0 Å². The van der Waals surface area contributed by atoms with Gasteiger partial charge in [0.1, 0.15) is 0 Å². The molecule has 0 aliphatic rings. The molecule has 0 aliphatic heterocycles. The number of benzene rings is 1. The predicted octanol–water partition coefficient (Wildman–Crippen LogP) is 1.60. The summed E-state index contributed by atoms with van der Waals surface area (Å²) >= 11 is 3.42. The number of hydrogen-bond acceptors (Lipinski definition) is 4. The fourth-order valence-corrected chi connectivity index (χ4v) is 2.13. The number of primary amides is 1. The Labute approximate surface area is 121 Å². The summed E-state index contributed by atoms with van der Waals surface area (Å²) in [7, 11) is 0. The van der Waals surface area contributed by atoms with Crippen molar-refractivity contribution in [2.45, 2.75) is 26.4 Å². The molecule has 0 fully saturated rings. The molecule has 0 spiro atoms. The van der Waals surface area contributed by atoms with E-state index in [1.807, 2.05) is 19.1 Å². The van der Waals surface area contributed by atoms with Crippen molar-refractivity contribution < 1.29 is 14.3 Å². The van der Waals surface area contributed by atoms with E-state index in [0.717, 1.165) is 16.5 Å². The summed E-state index contributed by atoms with van der Waals surface area (Å²) < 4.78 is 11.8. The Bertz CT molecular complexity index is 452. The monoisotopic (exact) mass is 330 g/mol. The van der Waals surface area contributed by atoms with Crippen LogP contribution in [0.1, 0.15) is 19.4 Å². The Balaban J connectivity index is 3.09. The fourth-order valence-electron chi connectivity index (χ4n) is 1.54. The number of hydrogen-bond donors (Lipinski definition) is 2. The molecule has 0 bridgehead atoms. The van der Waals surface area contributed by atoms with Crippen molar-refractivity contribution in [3.63, 3.8) is 0 Å². The zero-order chi connectivity index (χ0) is 14.4. The van der Waals surface area contributed by atoms with Crippen LogP contribution in [0, 0.1) is 0 Å². The molecule has 4 N–H and O–H groups in total. The third-order valence-electron chi connectivity index (χ3n) is 2.50. The maximum absolute atomic E-state index is 11.1. The largest absolute Gasteiger partial charge is 0.490 e. The zero-order valence-corrected chi connectivity index (χ0v) is 12.7. The van der Waals surface area contributed by atoms with Gasteiger partial charge in [0, 0.05) is 0 Å². The fraction of sp³-hybridized carbons (Fsp3) is 0.462. The van der Waals surface area contributed by atoms with Crippen LogP contribution in [0.3, 0.4) is 0 Å². The summed E-state index contributed by atoms with van der Waals surface area (Å²) in [6, 6.07) is 3.77. The molecule has 0 saturated heterocycles. The SMILES string of the molecule is CCOc1cc(CCN)cc(Br)c1OC(C)C(N)=O. The van der Waals surface area contributed by atoms with Crippen molar-refractivity contribution in [3.05, 3.63) is 22.2 Å². The van der Waals surface area contributed by atoms with Gasteiger partial charge in [0.2, 0.25) is 0 Å². The molecule has 1 aromatic carbocycles. The topological polar surface area (TPSA) is 87.6 Å². The van der Waals surface area contributed by atoms with Gasteiger partial charge in [0.05, 0.1) is 11.1 Å². The van der Waals surface area contributed by atoms with E-state index in [9.17, 15) is 4.79 Å². The van der Waals surface area contributed by atoms with Crippen molar-refractivity contribution in [1.29, 1.82) is 0 Å². The summed E-state index contributed by atoms with van der Waals surface area (Å²) in [6.45, 7) is 4.53. The Kier molecular flexibility index (Phi) is 6.11. The van der Waals surface area contributed by atoms with Gasteiger partial charge in [-0.2, -0.15) is 0 Å². The van der Waals surface area contributed by atoms with E-state index in [2.05, 4.69) is 15.9 Å². The lowest BCUT2D eigenvalue weighted by molar-refractivity contribution is -0.124. The Morgan fingerprint density at radius 3 is 2.68 bits per heavy atom. The number of carbonyl (C=O) groups excluding carboxylic acids is 1. The van der Waals surface area contributed by atoms with Gasteiger partial charge in [-0.3, -0.25) is 4.79 Å². The van der Waals surface area contributed by atoms with E-state index in [0.29, 0.717) is 24.7 Å². The summed E-state index contributed by atoms with van der Waals surface area (Å²) in [5.41, 5.74) is 11.8. The lowest BCUT2D eigenvalue weighted by atomic mass is 10.1. The van der Waals surface area contributed by atoms with Crippen LogP contribution in [-0.2, 0) is 11.2 Å². The summed E-state index contributed by atoms with van der Waals surface area (Å²) in [5, 5.41) is 0. The van der Waals surface area contributed by atoms with E-state index in [4.69, 9.17) is 20.9 Å². The zero-order valence-electron chi connectivity index (χ0n) is 11.1. The van der Waals surface area contributed by atoms with Crippen LogP contribution < -0.4 is 20.9 Å². The number of nitrogens with two attached hydrogens (primary N) is 2. The van der Waals surface area contributed by atoms with E-state index in [-0.39, 0.29) is 0 Å². The second-order valence-corrected chi connectivity index (χ2v) is 4.89. The molecule has 106 valence electrons. The molecule has 1 atom stereocenters. The molecule has 1 rings (SSSR count). The van der Waals surface area contributed by atoms with Gasteiger partial charge < -0.3 is 20.9 Å². The summed E-state index contributed by atoms with van der Waals surface area (Å²) in [6.07, 6.45) is 0.0144. The summed E-state index contributed by atoms with van der Waals surface area (Å²) in [5.74, 6) is 0.530. The highest BCUT2D eigenvalue weighted by molar-refractivity contribution is 9.10. The number of rotatable bonds is 7. The van der Waals surface area contributed by atoms with Crippen molar-refractivity contribution in [3.8, 4) is 11.5 Å². The second kappa shape index (κ2) is 7.35. The molecule has 1 amide bonds. The Morgan fingerprint density at radius 2 is 2.16 bits per heavy atom. The van der Waals surface area contributed by atoms with E-state index in [1.54, 1.807) is 6.92 Å². The Hall–Kier alpha value is -1.27. The van der Waals surface area contributed by atoms with E-state index in [1.165, 1.54) is 0 Å². The maximum Gasteiger partial charge on any atom is 0.258 e. The van der Waals surface area contributed by atoms with Gasteiger partial charge in [-0.1, -0.05) is 0 Å². The van der Waals surface area contributed by atoms with Gasteiger partial charge in [-0.25, -0.2) is 0 Å². The number of amides is 1. The smallest absolute Gasteiger partial charge is 0.258 e. The van der Waals surface area contributed by atoms with Crippen molar-refractivity contribution in [2.75, 3.05) is 13.2 Å². The highest BCUT2D eigenvalue weighted by Crippen LogP contribution is 2.37. The first-order chi connectivity index (χ1) is 8.99. The maximum atomic E-state index is 11.1. The van der Waals surface area contributed by atoms with Gasteiger partial charge in [0.15, 0.2) is 17.6 Å². The first kappa shape index (κ1) is 15.8. The predicted molar refractivity (Wildman–Crippen MR) is 77.4 cm³/mol. The molecular weight excluding hydrogens is 312 g/mol. The molecule has 19 heavy (non-hydrogen) atoms. The minimum atomic E-state index is -0.726. The lowest BCUT2D eigenvalue weighted by Crippen LogP contribution is -2.30. The van der Waals surface area contributed by atoms with Crippen LogP contribution in [0.2, 0.25) is 0 Å². The molecule has 0 aliphatic carbocycles. The number of ether oxygens (including phenoxy) is 2. The first-order valence-corrected chi connectivity index (χ1v) is 6.90. The molecule has 1 unspecified atom stereocenters. The molecule has 5 nitrogen and oxygen atoms in total. The molecule has 0 heterocycles. The van der Waals surface area contributed by atoms with Gasteiger partial charge in [0.25, 0.3) is 5.91 Å². The van der Waals surface area contributed by atoms with Crippen LogP contribution in [-0.4, -0.2) is 25.2 Å². The van der Waals surface area contributed by atoms with Crippen molar-refractivity contribution >= 4 is 21.8 Å². The molecule has 1 aromatic rings. The van der Waals surface area contributed by atoms with Crippen LogP contribution in [0.5, 0.6) is 11.5 Å². The standard InChI is InChI=1S/C13H19BrN2O3/c1-3-18-11-7-9(4-5-15)6-10(14)12(11)19-8(2)13(16)17/h6-8H,3-5,15H2,1-2H3,(H2,16,17). The minimum Gasteiger partial charge on any atom is -0.490 e. The number of carbonyl (C=O) groups is 1. The van der Waals surface area contributed by atoms with E-state index < -0.39 is 12.0 Å². The normalized spacial score (nSPS) is 12.0. The third-order valence-corrected chi connectivity index (χ3v) is 3.09. The molecule has 0 saturated carbocycles. The quantitative estimate of drug-likeness (QED) is 0.794. The second-order valence-electron chi connectivity index (χ2n) is 4.04. The molecule has 0 radical (unpaired) electrons. The minimum absolute atomic E-state index is 0.480. The molecule has 0 aromatic heterocycles. The van der Waals surface area contributed by atoms with Gasteiger partial charge in [-0.15, -0.1) is 0 Å².